The fourth-order valence-corrected chi connectivity index (χ4v) is 3.05. The third kappa shape index (κ3) is 2.95. The largest absolute Gasteiger partial charge is 0.460 e. The number of rotatable bonds is 4. The van der Waals surface area contributed by atoms with Crippen LogP contribution >= 0.6 is 11.9 Å². The van der Waals surface area contributed by atoms with E-state index in [1.807, 2.05) is 0 Å². The van der Waals surface area contributed by atoms with Gasteiger partial charge in [-0.25, -0.2) is 13.2 Å². The number of ether oxygens (including phenoxy) is 1. The van der Waals surface area contributed by atoms with Gasteiger partial charge in [-0.3, -0.25) is 0 Å². The lowest BCUT2D eigenvalue weighted by molar-refractivity contribution is 0.108. The molecule has 104 valence electrons. The molecule has 10 heteroatoms. The minimum atomic E-state index is -3.79. The molecule has 0 saturated heterocycles. The molecule has 1 heterocycles. The number of sulfonamides is 1. The highest BCUT2D eigenvalue weighted by atomic mass is 32.2. The molecule has 1 atom stereocenters. The molecule has 0 amide bonds. The predicted octanol–water partition coefficient (Wildman–Crippen LogP) is 0.322. The van der Waals surface area contributed by atoms with Crippen LogP contribution in [0, 0.1) is 0 Å². The van der Waals surface area contributed by atoms with Crippen molar-refractivity contribution in [2.75, 3.05) is 14.2 Å². The third-order valence-electron chi connectivity index (χ3n) is 2.21. The number of allylic oxidation sites excluding steroid dienone is 1. The van der Waals surface area contributed by atoms with Gasteiger partial charge < -0.3 is 9.57 Å². The fourth-order valence-electron chi connectivity index (χ4n) is 1.23. The number of carbonyl (C=O) groups is 1. The molecule has 2 N–H and O–H groups in total. The highest BCUT2D eigenvalue weighted by Crippen LogP contribution is 2.25. The molecule has 8 nitrogen and oxygen atoms in total. The normalized spacial score (nSPS) is 23.7. The lowest BCUT2D eigenvalue weighted by Crippen LogP contribution is -2.53. The molecule has 0 radical (unpaired) electrons. The molecular formula is C8H15N3O5S2. The van der Waals surface area contributed by atoms with Gasteiger partial charge in [-0.05, 0) is 19.9 Å². The van der Waals surface area contributed by atoms with Crippen LogP contribution in [0.1, 0.15) is 13.8 Å². The number of hydroxylamine groups is 1. The van der Waals surface area contributed by atoms with E-state index in [-0.39, 0.29) is 0 Å². The summed E-state index contributed by atoms with van der Waals surface area (Å²) in [5.41, 5.74) is 2.42. The van der Waals surface area contributed by atoms with Crippen molar-refractivity contribution in [1.82, 2.24) is 14.7 Å². The first-order chi connectivity index (χ1) is 8.23. The molecule has 0 aromatic rings. The van der Waals surface area contributed by atoms with Gasteiger partial charge in [0.15, 0.2) is 4.87 Å². The van der Waals surface area contributed by atoms with E-state index in [2.05, 4.69) is 15.0 Å². The Kier molecular flexibility index (Phi) is 4.61. The number of carbonyl (C=O) groups excluding carboxylic acids is 1. The zero-order valence-corrected chi connectivity index (χ0v) is 12.0. The summed E-state index contributed by atoms with van der Waals surface area (Å²) in [6.45, 7) is 3.07. The van der Waals surface area contributed by atoms with Gasteiger partial charge in [0.25, 0.3) is 10.0 Å². The molecule has 1 unspecified atom stereocenters. The van der Waals surface area contributed by atoms with Crippen molar-refractivity contribution in [3.05, 3.63) is 11.8 Å². The lowest BCUT2D eigenvalue weighted by Gasteiger charge is -2.26. The third-order valence-corrected chi connectivity index (χ3v) is 5.11. The van der Waals surface area contributed by atoms with E-state index in [1.165, 1.54) is 27.2 Å². The Bertz CT molecular complexity index is 463. The lowest BCUT2D eigenvalue weighted by atomic mass is 10.3. The summed E-state index contributed by atoms with van der Waals surface area (Å²) in [5.74, 6) is 0.454. The molecule has 18 heavy (non-hydrogen) atoms. The number of nitrogens with zero attached hydrogens (tertiary/aromatic N) is 1. The Balaban J connectivity index is 2.78. The molecule has 1 aliphatic rings. The smallest absolute Gasteiger partial charge is 0.383 e. The van der Waals surface area contributed by atoms with E-state index in [1.54, 1.807) is 6.92 Å². The topological polar surface area (TPSA) is 97.0 Å². The van der Waals surface area contributed by atoms with Crippen LogP contribution in [0.25, 0.3) is 0 Å². The summed E-state index contributed by atoms with van der Waals surface area (Å²) in [6.07, 6.45) is 1.43. The van der Waals surface area contributed by atoms with Gasteiger partial charge in [-0.1, -0.05) is 0 Å². The van der Waals surface area contributed by atoms with Crippen LogP contribution in [-0.4, -0.2) is 37.2 Å². The van der Waals surface area contributed by atoms with Gasteiger partial charge in [0.2, 0.25) is 0 Å². The van der Waals surface area contributed by atoms with Crippen molar-refractivity contribution >= 4 is 27.3 Å². The van der Waals surface area contributed by atoms with Crippen LogP contribution in [0.5, 0.6) is 0 Å². The standard InChI is InChI=1S/C8H15N3O5S2/c1-6-5-8(2,9-16-6)18(13,14)11(3)10-17-7(12)15-4/h5,9-10H,1-4H3. The summed E-state index contributed by atoms with van der Waals surface area (Å²) in [4.78, 5) is 16.8. The number of nitrogens with one attached hydrogen (secondary N) is 2. The SMILES string of the molecule is COC(=O)SNN(C)S(=O)(=O)C1(C)C=C(C)ON1. The van der Waals surface area contributed by atoms with Crippen molar-refractivity contribution in [1.29, 1.82) is 0 Å². The van der Waals surface area contributed by atoms with Crippen molar-refractivity contribution in [2.24, 2.45) is 0 Å². The van der Waals surface area contributed by atoms with Crippen LogP contribution in [0.3, 0.4) is 0 Å². The van der Waals surface area contributed by atoms with E-state index in [0.717, 1.165) is 4.41 Å². The maximum atomic E-state index is 12.2. The average molecular weight is 297 g/mol. The van der Waals surface area contributed by atoms with Crippen LogP contribution in [0.4, 0.5) is 4.79 Å². The maximum Gasteiger partial charge on any atom is 0.383 e. The van der Waals surface area contributed by atoms with Gasteiger partial charge in [-0.2, -0.15) is 4.83 Å². The Morgan fingerprint density at radius 3 is 2.72 bits per heavy atom. The first-order valence-corrected chi connectivity index (χ1v) is 7.11. The number of hydrogen-bond donors (Lipinski definition) is 2. The van der Waals surface area contributed by atoms with Crippen LogP contribution in [0.2, 0.25) is 0 Å². The fraction of sp³-hybridized carbons (Fsp3) is 0.625. The zero-order valence-electron chi connectivity index (χ0n) is 10.4. The first-order valence-electron chi connectivity index (χ1n) is 4.85. The molecule has 0 bridgehead atoms. The molecule has 0 fully saturated rings. The average Bonchev–Trinajstić information content (AvgIpc) is 2.67. The molecule has 1 aliphatic heterocycles. The van der Waals surface area contributed by atoms with E-state index in [9.17, 15) is 13.2 Å². The van der Waals surface area contributed by atoms with E-state index in [0.29, 0.717) is 17.7 Å². The molecule has 1 rings (SSSR count). The second kappa shape index (κ2) is 5.45. The van der Waals surface area contributed by atoms with Gasteiger partial charge in [0.05, 0.1) is 19.1 Å². The van der Waals surface area contributed by atoms with E-state index >= 15 is 0 Å². The quantitative estimate of drug-likeness (QED) is 0.435. The van der Waals surface area contributed by atoms with Crippen LogP contribution in [-0.2, 0) is 19.6 Å². The number of hydrogen-bond acceptors (Lipinski definition) is 8. The van der Waals surface area contributed by atoms with Gasteiger partial charge in [0.1, 0.15) is 5.76 Å². The summed E-state index contributed by atoms with van der Waals surface area (Å²) in [7, 11) is -1.32. The van der Waals surface area contributed by atoms with Crippen molar-refractivity contribution < 1.29 is 22.8 Å². The second-order valence-electron chi connectivity index (χ2n) is 3.69. The van der Waals surface area contributed by atoms with Crippen molar-refractivity contribution in [3.63, 3.8) is 0 Å². The Hall–Kier alpha value is -0.810. The van der Waals surface area contributed by atoms with Crippen LogP contribution < -0.4 is 10.3 Å². The number of methoxy groups -OCH3 is 1. The van der Waals surface area contributed by atoms with E-state index in [4.69, 9.17) is 4.84 Å². The monoisotopic (exact) mass is 297 g/mol. The maximum absolute atomic E-state index is 12.2. The number of hydrazine groups is 1. The minimum Gasteiger partial charge on any atom is -0.460 e. The molecule has 0 aromatic heterocycles. The van der Waals surface area contributed by atoms with Gasteiger partial charge >= 0.3 is 5.30 Å². The van der Waals surface area contributed by atoms with E-state index < -0.39 is 20.2 Å². The van der Waals surface area contributed by atoms with Crippen molar-refractivity contribution in [3.8, 4) is 0 Å². The molecular weight excluding hydrogens is 282 g/mol. The van der Waals surface area contributed by atoms with Crippen LogP contribution in [0.15, 0.2) is 11.8 Å². The van der Waals surface area contributed by atoms with Gasteiger partial charge in [-0.15, -0.1) is 9.89 Å². The summed E-state index contributed by atoms with van der Waals surface area (Å²) < 4.78 is 29.6. The highest BCUT2D eigenvalue weighted by Gasteiger charge is 2.45. The summed E-state index contributed by atoms with van der Waals surface area (Å²) >= 11 is 0.516. The highest BCUT2D eigenvalue weighted by molar-refractivity contribution is 8.11. The molecule has 0 aliphatic carbocycles. The summed E-state index contributed by atoms with van der Waals surface area (Å²) in [6, 6.07) is 0. The minimum absolute atomic E-state index is 0.454. The zero-order chi connectivity index (χ0) is 14.0. The Morgan fingerprint density at radius 1 is 1.67 bits per heavy atom. The summed E-state index contributed by atoms with van der Waals surface area (Å²) in [5, 5.41) is -0.649. The van der Waals surface area contributed by atoms with Crippen molar-refractivity contribution in [2.45, 2.75) is 18.7 Å². The molecule has 0 aromatic carbocycles. The first kappa shape index (κ1) is 15.2. The predicted molar refractivity (Wildman–Crippen MR) is 66.2 cm³/mol. The van der Waals surface area contributed by atoms with Gasteiger partial charge in [0, 0.05) is 7.05 Å². The Labute approximate surface area is 110 Å². The molecule has 0 spiro atoms. The molecule has 0 saturated carbocycles. The second-order valence-corrected chi connectivity index (χ2v) is 6.75. The Morgan fingerprint density at radius 2 is 2.28 bits per heavy atom.